The highest BCUT2D eigenvalue weighted by Gasteiger charge is 2.04. The molecule has 5 heteroatoms. The van der Waals surface area contributed by atoms with Crippen LogP contribution >= 0.6 is 11.6 Å². The second-order valence-electron chi connectivity index (χ2n) is 5.02. The van der Waals surface area contributed by atoms with Gasteiger partial charge in [-0.05, 0) is 55.0 Å². The molecule has 2 aromatic rings. The van der Waals surface area contributed by atoms with Crippen molar-refractivity contribution in [1.82, 2.24) is 0 Å². The lowest BCUT2D eigenvalue weighted by molar-refractivity contribution is -0.118. The first-order valence-electron chi connectivity index (χ1n) is 7.58. The number of carbonyl (C=O) groups excluding carboxylic acids is 1. The number of halogens is 1. The van der Waals surface area contributed by atoms with E-state index in [1.165, 1.54) is 0 Å². The first kappa shape index (κ1) is 17.2. The van der Waals surface area contributed by atoms with Gasteiger partial charge in [0.15, 0.2) is 6.61 Å². The zero-order valence-corrected chi connectivity index (χ0v) is 13.8. The molecule has 0 unspecified atom stereocenters. The summed E-state index contributed by atoms with van der Waals surface area (Å²) in [5.74, 6) is 1.20. The van der Waals surface area contributed by atoms with Crippen molar-refractivity contribution in [1.29, 1.82) is 0 Å². The van der Waals surface area contributed by atoms with E-state index in [-0.39, 0.29) is 12.5 Å². The third-order valence-corrected chi connectivity index (χ3v) is 3.34. The van der Waals surface area contributed by atoms with Crippen LogP contribution in [0, 0.1) is 0 Å². The first-order valence-corrected chi connectivity index (χ1v) is 7.96. The lowest BCUT2D eigenvalue weighted by Gasteiger charge is -2.09. The molecule has 0 bridgehead atoms. The van der Waals surface area contributed by atoms with Crippen molar-refractivity contribution in [2.45, 2.75) is 19.8 Å². The van der Waals surface area contributed by atoms with Gasteiger partial charge in [-0.15, -0.1) is 0 Å². The van der Waals surface area contributed by atoms with Gasteiger partial charge in [0.05, 0.1) is 6.61 Å². The van der Waals surface area contributed by atoms with Crippen LogP contribution in [0.5, 0.6) is 11.5 Å². The van der Waals surface area contributed by atoms with Crippen molar-refractivity contribution in [3.63, 3.8) is 0 Å². The fourth-order valence-electron chi connectivity index (χ4n) is 1.85. The summed E-state index contributed by atoms with van der Waals surface area (Å²) in [6.07, 6.45) is 2.13. The lowest BCUT2D eigenvalue weighted by Crippen LogP contribution is -2.20. The van der Waals surface area contributed by atoms with Crippen LogP contribution in [-0.2, 0) is 4.79 Å². The Morgan fingerprint density at radius 2 is 1.61 bits per heavy atom. The highest BCUT2D eigenvalue weighted by atomic mass is 35.5. The average molecular weight is 334 g/mol. The quantitative estimate of drug-likeness (QED) is 0.722. The maximum absolute atomic E-state index is 11.8. The molecule has 23 heavy (non-hydrogen) atoms. The second kappa shape index (κ2) is 9.06. The maximum Gasteiger partial charge on any atom is 0.262 e. The van der Waals surface area contributed by atoms with Gasteiger partial charge < -0.3 is 14.8 Å². The van der Waals surface area contributed by atoms with Gasteiger partial charge >= 0.3 is 0 Å². The average Bonchev–Trinajstić information content (AvgIpc) is 2.56. The van der Waals surface area contributed by atoms with E-state index < -0.39 is 0 Å². The van der Waals surface area contributed by atoms with E-state index >= 15 is 0 Å². The fraction of sp³-hybridized carbons (Fsp3) is 0.278. The van der Waals surface area contributed by atoms with E-state index in [4.69, 9.17) is 21.1 Å². The first-order chi connectivity index (χ1) is 11.2. The molecule has 2 aromatic carbocycles. The number of anilines is 1. The largest absolute Gasteiger partial charge is 0.494 e. The molecule has 0 aliphatic rings. The zero-order valence-electron chi connectivity index (χ0n) is 13.0. The number of nitrogens with one attached hydrogen (secondary N) is 1. The Hall–Kier alpha value is -2.20. The van der Waals surface area contributed by atoms with E-state index in [0.717, 1.165) is 18.6 Å². The Morgan fingerprint density at radius 3 is 2.22 bits per heavy atom. The van der Waals surface area contributed by atoms with Gasteiger partial charge in [-0.3, -0.25) is 4.79 Å². The number of amides is 1. The number of carbonyl (C=O) groups is 1. The molecule has 0 aliphatic carbocycles. The molecule has 1 amide bonds. The Balaban J connectivity index is 1.76. The normalized spacial score (nSPS) is 10.2. The molecule has 0 saturated heterocycles. The molecule has 0 spiro atoms. The Labute approximate surface area is 141 Å². The van der Waals surface area contributed by atoms with E-state index in [2.05, 4.69) is 12.2 Å². The van der Waals surface area contributed by atoms with Gasteiger partial charge in [-0.1, -0.05) is 24.9 Å². The summed E-state index contributed by atoms with van der Waals surface area (Å²) < 4.78 is 11.0. The number of ether oxygens (including phenoxy) is 2. The molecule has 0 heterocycles. The number of hydrogen-bond acceptors (Lipinski definition) is 3. The van der Waals surface area contributed by atoms with Crippen molar-refractivity contribution >= 4 is 23.2 Å². The minimum absolute atomic E-state index is 0.0569. The molecule has 0 aliphatic heterocycles. The topological polar surface area (TPSA) is 47.6 Å². The standard InChI is InChI=1S/C18H20ClNO3/c1-2-3-12-22-16-8-10-17(11-9-16)23-13-18(21)20-15-6-4-14(19)5-7-15/h4-11H,2-3,12-13H2,1H3,(H,20,21). The minimum atomic E-state index is -0.226. The lowest BCUT2D eigenvalue weighted by atomic mass is 10.3. The van der Waals surface area contributed by atoms with Crippen LogP contribution in [0.1, 0.15) is 19.8 Å². The van der Waals surface area contributed by atoms with Gasteiger partial charge in [0.1, 0.15) is 11.5 Å². The smallest absolute Gasteiger partial charge is 0.262 e. The molecule has 0 saturated carbocycles. The second-order valence-corrected chi connectivity index (χ2v) is 5.45. The Bertz CT molecular complexity index is 611. The zero-order chi connectivity index (χ0) is 16.5. The highest BCUT2D eigenvalue weighted by Crippen LogP contribution is 2.18. The molecule has 0 atom stereocenters. The van der Waals surface area contributed by atoms with E-state index in [0.29, 0.717) is 23.1 Å². The van der Waals surface area contributed by atoms with Gasteiger partial charge in [-0.2, -0.15) is 0 Å². The van der Waals surface area contributed by atoms with Crippen LogP contribution in [0.15, 0.2) is 48.5 Å². The number of hydrogen-bond donors (Lipinski definition) is 1. The summed E-state index contributed by atoms with van der Waals surface area (Å²) in [6.45, 7) is 2.77. The summed E-state index contributed by atoms with van der Waals surface area (Å²) in [5, 5.41) is 3.36. The summed E-state index contributed by atoms with van der Waals surface area (Å²) in [4.78, 5) is 11.8. The van der Waals surface area contributed by atoms with Crippen LogP contribution in [0.2, 0.25) is 5.02 Å². The van der Waals surface area contributed by atoms with Crippen molar-refractivity contribution < 1.29 is 14.3 Å². The van der Waals surface area contributed by atoms with Crippen molar-refractivity contribution in [3.05, 3.63) is 53.6 Å². The summed E-state index contributed by atoms with van der Waals surface area (Å²) in [5.41, 5.74) is 0.683. The van der Waals surface area contributed by atoms with Crippen LogP contribution < -0.4 is 14.8 Å². The molecule has 4 nitrogen and oxygen atoms in total. The van der Waals surface area contributed by atoms with Crippen LogP contribution in [0.4, 0.5) is 5.69 Å². The van der Waals surface area contributed by atoms with Gasteiger partial charge in [0, 0.05) is 10.7 Å². The fourth-order valence-corrected chi connectivity index (χ4v) is 1.97. The Morgan fingerprint density at radius 1 is 1.00 bits per heavy atom. The molecule has 0 radical (unpaired) electrons. The molecule has 0 aromatic heterocycles. The van der Waals surface area contributed by atoms with E-state index in [9.17, 15) is 4.79 Å². The van der Waals surface area contributed by atoms with Crippen LogP contribution in [-0.4, -0.2) is 19.1 Å². The predicted octanol–water partition coefficient (Wildman–Crippen LogP) is 4.54. The van der Waals surface area contributed by atoms with Crippen LogP contribution in [0.25, 0.3) is 0 Å². The van der Waals surface area contributed by atoms with E-state index in [1.54, 1.807) is 36.4 Å². The monoisotopic (exact) mass is 333 g/mol. The molecular weight excluding hydrogens is 314 g/mol. The summed E-state index contributed by atoms with van der Waals surface area (Å²) in [6, 6.07) is 14.2. The summed E-state index contributed by atoms with van der Waals surface area (Å²) in [7, 11) is 0. The maximum atomic E-state index is 11.8. The number of rotatable bonds is 8. The molecule has 122 valence electrons. The van der Waals surface area contributed by atoms with Gasteiger partial charge in [0.2, 0.25) is 0 Å². The van der Waals surface area contributed by atoms with Crippen molar-refractivity contribution in [2.24, 2.45) is 0 Å². The van der Waals surface area contributed by atoms with Crippen molar-refractivity contribution in [3.8, 4) is 11.5 Å². The number of unbranched alkanes of at least 4 members (excludes halogenated alkanes) is 1. The summed E-state index contributed by atoms with van der Waals surface area (Å²) >= 11 is 5.79. The van der Waals surface area contributed by atoms with Crippen LogP contribution in [0.3, 0.4) is 0 Å². The minimum Gasteiger partial charge on any atom is -0.494 e. The Kier molecular flexibility index (Phi) is 6.76. The van der Waals surface area contributed by atoms with Crippen molar-refractivity contribution in [2.75, 3.05) is 18.5 Å². The SMILES string of the molecule is CCCCOc1ccc(OCC(=O)Nc2ccc(Cl)cc2)cc1. The third-order valence-electron chi connectivity index (χ3n) is 3.09. The predicted molar refractivity (Wildman–Crippen MR) is 92.4 cm³/mol. The van der Waals surface area contributed by atoms with Gasteiger partial charge in [-0.25, -0.2) is 0 Å². The van der Waals surface area contributed by atoms with Gasteiger partial charge in [0.25, 0.3) is 5.91 Å². The number of benzene rings is 2. The third kappa shape index (κ3) is 6.20. The molecule has 1 N–H and O–H groups in total. The molecular formula is C18H20ClNO3. The molecule has 2 rings (SSSR count). The van der Waals surface area contributed by atoms with E-state index in [1.807, 2.05) is 12.1 Å². The highest BCUT2D eigenvalue weighted by molar-refractivity contribution is 6.30. The molecule has 0 fully saturated rings.